The van der Waals surface area contributed by atoms with Gasteiger partial charge in [0, 0.05) is 110 Å². The van der Waals surface area contributed by atoms with Crippen LogP contribution in [-0.2, 0) is 117 Å². The summed E-state index contributed by atoms with van der Waals surface area (Å²) >= 11 is 6.86. The monoisotopic (exact) mass is 1790 g/mol. The summed E-state index contributed by atoms with van der Waals surface area (Å²) in [7, 11) is 11.1. The number of anilines is 2. The molecular weight excluding hydrogens is 1660 g/mol. The maximum atomic E-state index is 14.5. The van der Waals surface area contributed by atoms with E-state index in [1.54, 1.807) is 76.2 Å². The minimum atomic E-state index is -1.94. The number of carbonyl (C=O) groups excluding carboxylic acids is 11. The number of urea groups is 1. The van der Waals surface area contributed by atoms with Crippen LogP contribution in [0.15, 0.2) is 90.5 Å². The number of aryl methyl sites for hydroxylation is 1. The van der Waals surface area contributed by atoms with Crippen molar-refractivity contribution in [2.24, 2.45) is 11.7 Å². The molecule has 38 nitrogen and oxygen atoms in total. The third-order valence-electron chi connectivity index (χ3n) is 21.7. The molecule has 39 heteroatoms. The lowest BCUT2D eigenvalue weighted by molar-refractivity contribution is -0.328. The second-order valence-electron chi connectivity index (χ2n) is 32.0. The van der Waals surface area contributed by atoms with Crippen LogP contribution in [-0.4, -0.2) is 298 Å². The molecule has 11 N–H and O–H groups in total. The van der Waals surface area contributed by atoms with Gasteiger partial charge in [0.15, 0.2) is 5.72 Å². The lowest BCUT2D eigenvalue weighted by atomic mass is 9.72. The summed E-state index contributed by atoms with van der Waals surface area (Å²) in [5, 5.41) is 33.9. The van der Waals surface area contributed by atoms with Crippen LogP contribution in [0.5, 0.6) is 5.75 Å². The van der Waals surface area contributed by atoms with E-state index < -0.39 is 119 Å². The predicted molar refractivity (Wildman–Crippen MR) is 466 cm³/mol. The lowest BCUT2D eigenvalue weighted by Crippen LogP contribution is -2.72. The van der Waals surface area contributed by atoms with Gasteiger partial charge in [-0.2, -0.15) is 0 Å². The smallest absolute Gasteiger partial charge is 0.409 e. The minimum Gasteiger partial charge on any atom is -0.495 e. The fourth-order valence-electron chi connectivity index (χ4n) is 14.4. The third-order valence-corrected chi connectivity index (χ3v) is 22.1. The van der Waals surface area contributed by atoms with Crippen LogP contribution in [0.4, 0.5) is 25.8 Å². The highest BCUT2D eigenvalue weighted by Crippen LogP contribution is 2.51. The van der Waals surface area contributed by atoms with Crippen molar-refractivity contribution >= 4 is 99.4 Å². The second-order valence-corrected chi connectivity index (χ2v) is 32.3. The van der Waals surface area contributed by atoms with Gasteiger partial charge in [-0.3, -0.25) is 44.3 Å². The summed E-state index contributed by atoms with van der Waals surface area (Å²) in [5.41, 5.74) is 8.73. The van der Waals surface area contributed by atoms with E-state index in [4.69, 9.17) is 74.2 Å². The van der Waals surface area contributed by atoms with Gasteiger partial charge in [-0.15, -0.1) is 0 Å². The van der Waals surface area contributed by atoms with Crippen molar-refractivity contribution in [3.63, 3.8) is 0 Å². The van der Waals surface area contributed by atoms with Crippen molar-refractivity contribution in [3.8, 4) is 5.75 Å². The molecule has 2 saturated heterocycles. The van der Waals surface area contributed by atoms with E-state index in [0.717, 1.165) is 27.7 Å². The highest BCUT2D eigenvalue weighted by Gasteiger charge is 2.63. The molecule has 8 rings (SSSR count). The molecule has 6 bridgehead atoms. The van der Waals surface area contributed by atoms with E-state index in [0.29, 0.717) is 95.1 Å². The maximum absolute atomic E-state index is 14.5. The molecule has 0 radical (unpaired) electrons. The predicted octanol–water partition coefficient (Wildman–Crippen LogP) is 5.05. The van der Waals surface area contributed by atoms with Crippen molar-refractivity contribution in [2.75, 3.05) is 165 Å². The normalized spacial score (nSPS) is 20.2. The lowest BCUT2D eigenvalue weighted by Gasteiger charge is -2.59. The van der Waals surface area contributed by atoms with Gasteiger partial charge in [0.25, 0.3) is 0 Å². The number of primary amides is 1. The Morgan fingerprint density at radius 3 is 2.02 bits per heavy atom. The van der Waals surface area contributed by atoms with E-state index in [9.17, 15) is 57.8 Å². The molecule has 0 spiro atoms. The summed E-state index contributed by atoms with van der Waals surface area (Å²) in [5.74, 6) is -4.14. The number of hydrogen-bond donors (Lipinski definition) is 10. The molecule has 2 fully saturated rings. The van der Waals surface area contributed by atoms with Gasteiger partial charge < -0.3 is 119 Å². The topological polar surface area (TPSA) is 459 Å². The Bertz CT molecular complexity index is 4320. The van der Waals surface area contributed by atoms with E-state index in [1.807, 2.05) is 56.4 Å². The molecule has 0 aliphatic carbocycles. The zero-order chi connectivity index (χ0) is 92.1. The first-order valence-corrected chi connectivity index (χ1v) is 42.7. The number of aliphatic hydroxyl groups is 1. The number of rotatable bonds is 50. The number of alkyl carbamates (subject to hydrolysis) is 1. The maximum Gasteiger partial charge on any atom is 0.409 e. The van der Waals surface area contributed by atoms with Crippen LogP contribution < -0.4 is 58.0 Å². The molecule has 698 valence electrons. The van der Waals surface area contributed by atoms with E-state index in [1.165, 1.54) is 57.0 Å². The van der Waals surface area contributed by atoms with Crippen LogP contribution >= 0.6 is 11.6 Å². The Hall–Kier alpha value is -10.1. The average molecular weight is 1790 g/mol. The molecule has 126 heavy (non-hydrogen) atoms. The van der Waals surface area contributed by atoms with Crippen LogP contribution in [0.1, 0.15) is 116 Å². The number of fused-ring (bicyclic) bond motifs is 7. The Morgan fingerprint density at radius 1 is 0.754 bits per heavy atom. The number of nitrogens with one attached hydrogen (secondary N) is 8. The average Bonchev–Trinajstić information content (AvgIpc) is 0.826. The van der Waals surface area contributed by atoms with Gasteiger partial charge in [0.1, 0.15) is 65.0 Å². The summed E-state index contributed by atoms with van der Waals surface area (Å²) in [6, 6.07) is 15.9. The first kappa shape index (κ1) is 103. The number of nitrogens with two attached hydrogens (primary N) is 1. The number of ether oxygens (including phenoxy) is 12. The molecule has 9 atom stereocenters. The van der Waals surface area contributed by atoms with Crippen molar-refractivity contribution < 1.29 is 115 Å². The van der Waals surface area contributed by atoms with Gasteiger partial charge >= 0.3 is 24.2 Å². The number of halogens is 1. The van der Waals surface area contributed by atoms with Crippen molar-refractivity contribution in [2.45, 2.75) is 179 Å². The number of likely N-dealkylation sites (N-methyl/N-ethyl adjacent to an activating group) is 1. The number of hydrazine groups is 1. The van der Waals surface area contributed by atoms with Gasteiger partial charge in [-0.05, 0) is 119 Å². The highest BCUT2D eigenvalue weighted by molar-refractivity contribution is 6.35. The molecule has 3 aromatic carbocycles. The molecule has 4 aromatic rings. The molecule has 5 heterocycles. The zero-order valence-corrected chi connectivity index (χ0v) is 75.4. The quantitative estimate of drug-likeness (QED) is 0.0120. The van der Waals surface area contributed by atoms with E-state index >= 15 is 0 Å². The van der Waals surface area contributed by atoms with Gasteiger partial charge in [0.05, 0.1) is 112 Å². The summed E-state index contributed by atoms with van der Waals surface area (Å²) in [6.45, 7) is 14.9. The fourth-order valence-corrected chi connectivity index (χ4v) is 14.7. The summed E-state index contributed by atoms with van der Waals surface area (Å²) < 4.78 is 70.9. The van der Waals surface area contributed by atoms with E-state index in [2.05, 4.69) is 53.3 Å². The van der Waals surface area contributed by atoms with Crippen molar-refractivity contribution in [3.05, 3.63) is 112 Å². The zero-order valence-electron chi connectivity index (χ0n) is 74.7. The largest absolute Gasteiger partial charge is 0.495 e. The van der Waals surface area contributed by atoms with Crippen LogP contribution in [0.3, 0.4) is 0 Å². The van der Waals surface area contributed by atoms with Gasteiger partial charge in [-0.1, -0.05) is 79.6 Å². The SMILES string of the molecule is CNN(C)Cc1cc2ccccc2n1CCC(=O)NCC(=O)NCCOCCOCCOCCOCCOCCOCCC(=O)N[C@H](C(=O)N[C@@H](CCCNC(N)=O)C(=O)Nc1ccc(COC(=O)N(C)CCCC(=O)N(C)[C@@H](C)C(=O)O[C@H]2CC(=O)N(C)c3cc(cc(OC)c3Cl)C/C(C)=C/C=C/[C@@H](OC)[C@@]3(O)C[C@H](OC(=O)N3)C3(C)C[C@@]2(C)O3)cc1)C(C)C. The second kappa shape index (κ2) is 51.6. The number of benzene rings is 3. The van der Waals surface area contributed by atoms with Gasteiger partial charge in [0.2, 0.25) is 41.4 Å². The summed E-state index contributed by atoms with van der Waals surface area (Å²) in [6.07, 6.45) is 0.558. The molecule has 4 aliphatic heterocycles. The number of nitrogens with zero attached hydrogens (tertiary/aromatic N) is 5. The molecular formula is C87H129ClN14O24. The number of allylic oxidation sites excluding steroid dienone is 3. The fraction of sp³-hybridized carbons (Fsp3) is 0.598. The van der Waals surface area contributed by atoms with Crippen LogP contribution in [0, 0.1) is 5.92 Å². The number of carbonyl (C=O) groups is 11. The van der Waals surface area contributed by atoms with Crippen LogP contribution in [0.25, 0.3) is 10.9 Å². The highest BCUT2D eigenvalue weighted by atomic mass is 35.5. The first-order chi connectivity index (χ1) is 60.1. The Kier molecular flexibility index (Phi) is 42.2. The number of amides is 11. The molecule has 1 unspecified atom stereocenters. The standard InChI is InChI=1S/C87H129ClN14O24/c1-57(2)78(96-73(104)30-35-117-37-39-119-41-43-121-45-46-122-44-42-120-40-38-118-36-32-91-74(105)53-93-72(103)29-34-102-64(54-99(9)90-7)50-62-20-14-15-22-66(62)102)80(109)95-65(21-17-31-92-82(89)111)79(108)94-63-27-25-60(26-28-63)55-123-84(113)98(8)33-18-24-75(106)100(10)59(4)81(110)124-70-51-76(107)101(11)67-48-61(49-68(115-12)77(67)88)47-58(3)19-16-23-69(116-13)87(114)52-71(125-83(112)97-87)86(6)56-85(70,5)126-86/h14-16,19-20,22-23,25-28,48-50,57,59,65,69-71,78,90,114H,17-18,21,24,29-47,51-56H2,1-13H3,(H,91,105)(H,93,103)(H,94,108)(H,95,109)(H,96,104)(H,97,112)(H3,89,92,111)/b23-16+,58-19+/t59-,65-,69+,70-,71-,78-,85+,86?,87-/m0/s1. The third kappa shape index (κ3) is 32.6. The molecule has 0 saturated carbocycles. The molecule has 1 aromatic heterocycles. The number of methoxy groups -OCH3 is 2. The minimum absolute atomic E-state index is 0.0400. The van der Waals surface area contributed by atoms with Crippen molar-refractivity contribution in [1.82, 2.24) is 56.7 Å². The van der Waals surface area contributed by atoms with E-state index in [-0.39, 0.29) is 127 Å². The van der Waals surface area contributed by atoms with Gasteiger partial charge in [-0.25, -0.2) is 24.2 Å². The first-order valence-electron chi connectivity index (χ1n) is 42.3. The summed E-state index contributed by atoms with van der Waals surface area (Å²) in [4.78, 5) is 150. The Labute approximate surface area is 741 Å². The Balaban J connectivity index is 0.748. The Morgan fingerprint density at radius 2 is 1.40 bits per heavy atom. The number of hydrogen-bond acceptors (Lipinski definition) is 26. The molecule has 4 aliphatic rings. The van der Waals surface area contributed by atoms with Crippen molar-refractivity contribution in [1.29, 1.82) is 0 Å². The number of para-hydroxylation sites is 1. The number of esters is 1. The molecule has 11 amide bonds. The number of aromatic nitrogens is 1. The van der Waals surface area contributed by atoms with Crippen LogP contribution in [0.2, 0.25) is 5.02 Å².